The van der Waals surface area contributed by atoms with Gasteiger partial charge in [0, 0.05) is 43.0 Å². The average molecular weight is 531 g/mol. The lowest BCUT2D eigenvalue weighted by Crippen LogP contribution is -2.47. The van der Waals surface area contributed by atoms with Crippen molar-refractivity contribution in [2.45, 2.75) is 37.8 Å². The van der Waals surface area contributed by atoms with Gasteiger partial charge in [0.15, 0.2) is 5.69 Å². The first-order valence-corrected chi connectivity index (χ1v) is 12.8. The summed E-state index contributed by atoms with van der Waals surface area (Å²) in [4.78, 5) is 32.7. The number of nitrogens with zero attached hydrogens (tertiary/aromatic N) is 4. The number of hydrogen-bond acceptors (Lipinski definition) is 4. The van der Waals surface area contributed by atoms with Crippen LogP contribution < -0.4 is 0 Å². The summed E-state index contributed by atoms with van der Waals surface area (Å²) in [7, 11) is 0. The second-order valence-electron chi connectivity index (χ2n) is 10.2. The van der Waals surface area contributed by atoms with Crippen LogP contribution in [0.25, 0.3) is 16.9 Å². The Bertz CT molecular complexity index is 1570. The van der Waals surface area contributed by atoms with Crippen molar-refractivity contribution in [1.82, 2.24) is 19.7 Å². The molecule has 2 aromatic carbocycles. The van der Waals surface area contributed by atoms with Crippen molar-refractivity contribution < 1.29 is 22.8 Å². The summed E-state index contributed by atoms with van der Waals surface area (Å²) in [6.45, 7) is 2.60. The van der Waals surface area contributed by atoms with Gasteiger partial charge in [0.05, 0.1) is 22.4 Å². The van der Waals surface area contributed by atoms with Crippen molar-refractivity contribution in [3.05, 3.63) is 101 Å². The third-order valence-corrected chi connectivity index (χ3v) is 8.02. The zero-order chi connectivity index (χ0) is 27.4. The van der Waals surface area contributed by atoms with Crippen LogP contribution in [0.2, 0.25) is 0 Å². The fraction of sp³-hybridized carbons (Fsp3) is 0.267. The lowest BCUT2D eigenvalue weighted by atomic mass is 9.73. The Balaban J connectivity index is 1.33. The molecular formula is C30H25F3N4O2. The van der Waals surface area contributed by atoms with E-state index in [2.05, 4.69) is 10.1 Å². The van der Waals surface area contributed by atoms with E-state index in [1.807, 2.05) is 30.3 Å². The maximum Gasteiger partial charge on any atom is 0.416 e. The van der Waals surface area contributed by atoms with E-state index in [0.717, 1.165) is 23.3 Å². The summed E-state index contributed by atoms with van der Waals surface area (Å²) in [5.74, 6) is -0.0608. The molecule has 1 aliphatic heterocycles. The maximum absolute atomic E-state index is 13.8. The van der Waals surface area contributed by atoms with Crippen molar-refractivity contribution in [2.24, 2.45) is 0 Å². The van der Waals surface area contributed by atoms with Crippen molar-refractivity contribution in [3.8, 4) is 16.9 Å². The number of likely N-dealkylation sites (tertiary alicyclic amines) is 1. The Labute approximate surface area is 223 Å². The minimum Gasteiger partial charge on any atom is -0.337 e. The van der Waals surface area contributed by atoms with Crippen molar-refractivity contribution in [1.29, 1.82) is 0 Å². The third kappa shape index (κ3) is 4.13. The van der Waals surface area contributed by atoms with Gasteiger partial charge in [0.2, 0.25) is 0 Å². The van der Waals surface area contributed by atoms with Gasteiger partial charge in [-0.05, 0) is 67.3 Å². The van der Waals surface area contributed by atoms with Crippen LogP contribution in [-0.2, 0) is 22.8 Å². The molecule has 0 unspecified atom stereocenters. The molecule has 2 aromatic heterocycles. The summed E-state index contributed by atoms with van der Waals surface area (Å²) >= 11 is 0. The van der Waals surface area contributed by atoms with E-state index in [1.165, 1.54) is 16.8 Å². The number of aromatic nitrogens is 3. The minimum atomic E-state index is -4.46. The number of amides is 1. The van der Waals surface area contributed by atoms with Gasteiger partial charge in [0.1, 0.15) is 5.78 Å². The molecule has 0 radical (unpaired) electrons. The number of benzene rings is 2. The Morgan fingerprint density at radius 2 is 1.69 bits per heavy atom. The molecule has 2 aliphatic rings. The van der Waals surface area contributed by atoms with Crippen LogP contribution in [-0.4, -0.2) is 44.4 Å². The third-order valence-electron chi connectivity index (χ3n) is 8.02. The molecule has 0 N–H and O–H groups in total. The highest BCUT2D eigenvalue weighted by molar-refractivity contribution is 5.98. The predicted octanol–water partition coefficient (Wildman–Crippen LogP) is 5.56. The van der Waals surface area contributed by atoms with E-state index < -0.39 is 17.2 Å². The minimum absolute atomic E-state index is 0.206. The lowest BCUT2D eigenvalue weighted by molar-refractivity contribution is -0.137. The van der Waals surface area contributed by atoms with E-state index in [1.54, 1.807) is 30.3 Å². The highest BCUT2D eigenvalue weighted by Gasteiger charge is 2.48. The Hall–Kier alpha value is -4.27. The molecule has 0 bridgehead atoms. The quantitative estimate of drug-likeness (QED) is 0.348. The van der Waals surface area contributed by atoms with E-state index >= 15 is 0 Å². The number of hydrogen-bond donors (Lipinski definition) is 0. The second-order valence-corrected chi connectivity index (χ2v) is 10.2. The molecule has 4 aromatic rings. The van der Waals surface area contributed by atoms with E-state index in [-0.39, 0.29) is 17.4 Å². The van der Waals surface area contributed by atoms with E-state index in [0.29, 0.717) is 54.9 Å². The maximum atomic E-state index is 13.8. The van der Waals surface area contributed by atoms with Crippen LogP contribution in [0.4, 0.5) is 13.2 Å². The summed E-state index contributed by atoms with van der Waals surface area (Å²) in [5, 5.41) is 4.61. The molecule has 1 saturated heterocycles. The SMILES string of the molecule is Cc1c(C(=O)N2CCC3(CC2)C(=O)Cc2ccccc23)nn(-c2ccc(C(F)(F)F)cc2)c1-c1cccnc1. The first-order valence-electron chi connectivity index (χ1n) is 12.8. The van der Waals surface area contributed by atoms with Gasteiger partial charge in [-0.25, -0.2) is 4.68 Å². The monoisotopic (exact) mass is 530 g/mol. The molecule has 198 valence electrons. The van der Waals surface area contributed by atoms with E-state index in [4.69, 9.17) is 0 Å². The molecule has 1 aliphatic carbocycles. The Morgan fingerprint density at radius 1 is 0.974 bits per heavy atom. The number of piperidine rings is 1. The number of carbonyl (C=O) groups is 2. The standard InChI is InChI=1S/C30H25F3N4O2/c1-19-26(28(39)36-15-12-29(13-16-36)24-7-3-2-5-20(24)17-25(29)38)35-37(27(19)21-6-4-14-34-18-21)23-10-8-22(9-11-23)30(31,32)33/h2-11,14,18H,12-13,15-17H2,1H3. The first-order chi connectivity index (χ1) is 18.7. The lowest BCUT2D eigenvalue weighted by Gasteiger charge is -2.38. The van der Waals surface area contributed by atoms with Gasteiger partial charge < -0.3 is 4.90 Å². The van der Waals surface area contributed by atoms with Crippen molar-refractivity contribution in [2.75, 3.05) is 13.1 Å². The molecular weight excluding hydrogens is 505 g/mol. The van der Waals surface area contributed by atoms with Gasteiger partial charge in [-0.1, -0.05) is 24.3 Å². The fourth-order valence-corrected chi connectivity index (χ4v) is 5.94. The van der Waals surface area contributed by atoms with Gasteiger partial charge in [-0.2, -0.15) is 18.3 Å². The normalized spacial score (nSPS) is 16.5. The Morgan fingerprint density at radius 3 is 2.36 bits per heavy atom. The largest absolute Gasteiger partial charge is 0.416 e. The second kappa shape index (κ2) is 9.18. The summed E-state index contributed by atoms with van der Waals surface area (Å²) < 4.78 is 41.0. The highest BCUT2D eigenvalue weighted by Crippen LogP contribution is 2.44. The number of ketones is 1. The first kappa shape index (κ1) is 25.0. The molecule has 6 nitrogen and oxygen atoms in total. The number of Topliss-reactive ketones (excluding diaryl/α,β-unsaturated/α-hetero) is 1. The molecule has 0 atom stereocenters. The van der Waals surface area contributed by atoms with Gasteiger partial charge in [0.25, 0.3) is 5.91 Å². The zero-order valence-corrected chi connectivity index (χ0v) is 21.2. The number of carbonyl (C=O) groups excluding carboxylic acids is 2. The number of halogens is 3. The number of alkyl halides is 3. The zero-order valence-electron chi connectivity index (χ0n) is 21.2. The number of pyridine rings is 1. The summed E-state index contributed by atoms with van der Waals surface area (Å²) in [6.07, 6.45) is 0.307. The van der Waals surface area contributed by atoms with Crippen molar-refractivity contribution in [3.63, 3.8) is 0 Å². The topological polar surface area (TPSA) is 68.1 Å². The molecule has 39 heavy (non-hydrogen) atoms. The summed E-state index contributed by atoms with van der Waals surface area (Å²) in [6, 6.07) is 16.2. The molecule has 3 heterocycles. The molecule has 6 rings (SSSR count). The van der Waals surface area contributed by atoms with Crippen LogP contribution in [0.5, 0.6) is 0 Å². The fourth-order valence-electron chi connectivity index (χ4n) is 5.94. The Kier molecular flexibility index (Phi) is 5.89. The van der Waals surface area contributed by atoms with Crippen LogP contribution >= 0.6 is 0 Å². The highest BCUT2D eigenvalue weighted by atomic mass is 19.4. The number of rotatable bonds is 3. The molecule has 1 fully saturated rings. The van der Waals surface area contributed by atoms with E-state index in [9.17, 15) is 22.8 Å². The smallest absolute Gasteiger partial charge is 0.337 e. The van der Waals surface area contributed by atoms with Crippen LogP contribution in [0.3, 0.4) is 0 Å². The van der Waals surface area contributed by atoms with Gasteiger partial charge >= 0.3 is 6.18 Å². The molecule has 0 saturated carbocycles. The van der Waals surface area contributed by atoms with Gasteiger partial charge in [-0.3, -0.25) is 14.6 Å². The van der Waals surface area contributed by atoms with Crippen LogP contribution in [0.1, 0.15) is 45.6 Å². The van der Waals surface area contributed by atoms with Crippen LogP contribution in [0, 0.1) is 6.92 Å². The molecule has 1 amide bonds. The number of fused-ring (bicyclic) bond motifs is 2. The van der Waals surface area contributed by atoms with Gasteiger partial charge in [-0.15, -0.1) is 0 Å². The van der Waals surface area contributed by atoms with Crippen LogP contribution in [0.15, 0.2) is 73.1 Å². The van der Waals surface area contributed by atoms with Crippen molar-refractivity contribution >= 4 is 11.7 Å². The summed E-state index contributed by atoms with van der Waals surface area (Å²) in [5.41, 5.74) is 3.32. The molecule has 1 spiro atoms. The molecule has 9 heteroatoms. The predicted molar refractivity (Wildman–Crippen MR) is 139 cm³/mol. The average Bonchev–Trinajstić information content (AvgIpc) is 3.42.